The fraction of sp³-hybridized carbons (Fsp3) is 0.515. The molecule has 0 unspecified atom stereocenters. The molecule has 1 aliphatic carbocycles. The van der Waals surface area contributed by atoms with Crippen LogP contribution in [-0.4, -0.2) is 59.7 Å². The van der Waals surface area contributed by atoms with Crippen LogP contribution in [0.1, 0.15) is 76.0 Å². The van der Waals surface area contributed by atoms with Crippen molar-refractivity contribution in [3.8, 4) is 0 Å². The maximum absolute atomic E-state index is 13.5. The first-order valence-electron chi connectivity index (χ1n) is 15.0. The molecule has 1 aliphatic heterocycles. The summed E-state index contributed by atoms with van der Waals surface area (Å²) < 4.78 is 28.4. The second kappa shape index (κ2) is 11.7. The minimum atomic E-state index is -3.69. The number of piperidine rings is 1. The van der Waals surface area contributed by atoms with E-state index in [-0.39, 0.29) is 17.2 Å². The van der Waals surface area contributed by atoms with Gasteiger partial charge < -0.3 is 4.90 Å². The number of benzene rings is 2. The standard InChI is InChI=1S/C33H43N3O4S/c1-5-17-34(18-6-7-19-35-31(37)22-33(3,4)23-32(35)38)26-12-10-25-11-15-30-28(29(25)21-26)16-20-36(30)41(39,40)27-13-8-24(2)9-14-27/h8-9,11,13-16,20,26H,5-7,10,12,17-19,21-23H2,1-4H3/t26-/m1/s1. The Hall–Kier alpha value is -2.97. The quantitative estimate of drug-likeness (QED) is 0.228. The predicted molar refractivity (Wildman–Crippen MR) is 162 cm³/mol. The molecule has 220 valence electrons. The summed E-state index contributed by atoms with van der Waals surface area (Å²) in [4.78, 5) is 29.4. The highest BCUT2D eigenvalue weighted by molar-refractivity contribution is 7.90. The fourth-order valence-electron chi connectivity index (χ4n) is 6.59. The molecule has 1 saturated heterocycles. The van der Waals surface area contributed by atoms with Gasteiger partial charge in [0, 0.05) is 37.0 Å². The topological polar surface area (TPSA) is 79.7 Å². The van der Waals surface area contributed by atoms with Gasteiger partial charge >= 0.3 is 0 Å². The SMILES string of the molecule is CCCN(CCCCN1C(=O)CC(C)(C)CC1=O)[C@@H]1CCc2ccc3c(ccn3S(=O)(=O)c3ccc(C)cc3)c2C1. The average Bonchev–Trinajstić information content (AvgIpc) is 3.37. The fourth-order valence-corrected chi connectivity index (χ4v) is 7.93. The Morgan fingerprint density at radius 3 is 2.34 bits per heavy atom. The van der Waals surface area contributed by atoms with Gasteiger partial charge in [-0.25, -0.2) is 12.4 Å². The lowest BCUT2D eigenvalue weighted by molar-refractivity contribution is -0.152. The first-order valence-corrected chi connectivity index (χ1v) is 16.5. The second-order valence-electron chi connectivity index (χ2n) is 12.7. The van der Waals surface area contributed by atoms with E-state index >= 15 is 0 Å². The number of carbonyl (C=O) groups is 2. The molecular weight excluding hydrogens is 534 g/mol. The Labute approximate surface area is 244 Å². The number of unbranched alkanes of at least 4 members (excludes halogenated alkanes) is 1. The summed E-state index contributed by atoms with van der Waals surface area (Å²) in [6, 6.07) is 13.4. The third kappa shape index (κ3) is 6.14. The van der Waals surface area contributed by atoms with Gasteiger partial charge in [-0.3, -0.25) is 14.5 Å². The van der Waals surface area contributed by atoms with Crippen molar-refractivity contribution >= 4 is 32.7 Å². The first-order chi connectivity index (χ1) is 19.5. The zero-order valence-corrected chi connectivity index (χ0v) is 25.7. The molecule has 0 bridgehead atoms. The second-order valence-corrected chi connectivity index (χ2v) is 14.5. The summed E-state index contributed by atoms with van der Waals surface area (Å²) in [5.41, 5.74) is 4.07. The first kappa shape index (κ1) is 29.5. The monoisotopic (exact) mass is 577 g/mol. The largest absolute Gasteiger partial charge is 0.300 e. The molecule has 3 aromatic rings. The Balaban J connectivity index is 1.28. The van der Waals surface area contributed by atoms with Crippen molar-refractivity contribution in [1.29, 1.82) is 0 Å². The van der Waals surface area contributed by atoms with E-state index in [4.69, 9.17) is 0 Å². The summed E-state index contributed by atoms with van der Waals surface area (Å²) in [5.74, 6) is -0.0817. The molecule has 0 spiro atoms. The smallest absolute Gasteiger partial charge is 0.268 e. The number of aromatic nitrogens is 1. The van der Waals surface area contributed by atoms with Crippen molar-refractivity contribution in [1.82, 2.24) is 13.8 Å². The zero-order chi connectivity index (χ0) is 29.4. The number of amides is 2. The minimum Gasteiger partial charge on any atom is -0.300 e. The molecule has 1 aromatic heterocycles. The van der Waals surface area contributed by atoms with Crippen LogP contribution >= 0.6 is 0 Å². The number of imide groups is 1. The summed E-state index contributed by atoms with van der Waals surface area (Å²) in [5, 5.41) is 1.02. The van der Waals surface area contributed by atoms with E-state index in [1.54, 1.807) is 18.3 Å². The van der Waals surface area contributed by atoms with Gasteiger partial charge in [0.05, 0.1) is 10.4 Å². The van der Waals surface area contributed by atoms with Crippen LogP contribution in [0, 0.1) is 12.3 Å². The highest BCUT2D eigenvalue weighted by atomic mass is 32.2. The summed E-state index contributed by atoms with van der Waals surface area (Å²) in [6.07, 6.45) is 8.28. The molecule has 0 saturated carbocycles. The zero-order valence-electron chi connectivity index (χ0n) is 24.9. The van der Waals surface area contributed by atoms with Crippen molar-refractivity contribution in [2.75, 3.05) is 19.6 Å². The molecule has 1 atom stereocenters. The van der Waals surface area contributed by atoms with Crippen molar-refractivity contribution < 1.29 is 18.0 Å². The molecule has 41 heavy (non-hydrogen) atoms. The number of nitrogens with zero attached hydrogens (tertiary/aromatic N) is 3. The number of hydrogen-bond donors (Lipinski definition) is 0. The van der Waals surface area contributed by atoms with E-state index in [0.29, 0.717) is 30.3 Å². The van der Waals surface area contributed by atoms with E-state index in [2.05, 4.69) is 17.9 Å². The number of likely N-dealkylation sites (tertiary alicyclic amines) is 1. The normalized spacial score (nSPS) is 19.2. The van der Waals surface area contributed by atoms with E-state index in [1.165, 1.54) is 20.0 Å². The van der Waals surface area contributed by atoms with Gasteiger partial charge in [-0.2, -0.15) is 0 Å². The highest BCUT2D eigenvalue weighted by Gasteiger charge is 2.37. The Kier molecular flexibility index (Phi) is 8.44. The molecule has 2 aliphatic rings. The molecule has 2 heterocycles. The predicted octanol–water partition coefficient (Wildman–Crippen LogP) is 5.71. The van der Waals surface area contributed by atoms with Crippen LogP contribution in [0.3, 0.4) is 0 Å². The van der Waals surface area contributed by atoms with Crippen LogP contribution in [0.4, 0.5) is 0 Å². The summed E-state index contributed by atoms with van der Waals surface area (Å²) >= 11 is 0. The molecule has 1 fully saturated rings. The molecule has 5 rings (SSSR count). The third-order valence-electron chi connectivity index (χ3n) is 8.78. The maximum Gasteiger partial charge on any atom is 0.268 e. The number of aryl methyl sites for hydroxylation is 2. The van der Waals surface area contributed by atoms with Crippen molar-refractivity contribution in [3.05, 3.63) is 65.4 Å². The Morgan fingerprint density at radius 1 is 0.951 bits per heavy atom. The molecule has 0 radical (unpaired) electrons. The van der Waals surface area contributed by atoms with Gasteiger partial charge in [0.25, 0.3) is 10.0 Å². The van der Waals surface area contributed by atoms with Gasteiger partial charge in [0.15, 0.2) is 0 Å². The lowest BCUT2D eigenvalue weighted by Gasteiger charge is -2.36. The van der Waals surface area contributed by atoms with Gasteiger partial charge in [-0.15, -0.1) is 0 Å². The lowest BCUT2D eigenvalue weighted by Crippen LogP contribution is -2.46. The molecule has 8 heteroatoms. The summed E-state index contributed by atoms with van der Waals surface area (Å²) in [6.45, 7) is 10.5. The lowest BCUT2D eigenvalue weighted by atomic mass is 9.81. The Bertz CT molecular complexity index is 1520. The molecular formula is C33H43N3O4S. The molecule has 0 N–H and O–H groups in total. The highest BCUT2D eigenvalue weighted by Crippen LogP contribution is 2.34. The molecule has 2 amide bonds. The van der Waals surface area contributed by atoms with Crippen LogP contribution < -0.4 is 0 Å². The van der Waals surface area contributed by atoms with E-state index in [0.717, 1.165) is 68.1 Å². The van der Waals surface area contributed by atoms with Gasteiger partial charge in [-0.1, -0.05) is 44.5 Å². The van der Waals surface area contributed by atoms with Gasteiger partial charge in [0.2, 0.25) is 11.8 Å². The van der Waals surface area contributed by atoms with Crippen molar-refractivity contribution in [2.24, 2.45) is 5.41 Å². The molecule has 2 aromatic carbocycles. The van der Waals surface area contributed by atoms with Gasteiger partial charge in [-0.05, 0) is 99.3 Å². The number of rotatable bonds is 10. The maximum atomic E-state index is 13.5. The van der Waals surface area contributed by atoms with Crippen LogP contribution in [0.2, 0.25) is 0 Å². The van der Waals surface area contributed by atoms with Crippen molar-refractivity contribution in [2.45, 2.75) is 90.0 Å². The minimum absolute atomic E-state index is 0.0408. The van der Waals surface area contributed by atoms with Crippen LogP contribution in [0.15, 0.2) is 53.6 Å². The number of hydrogen-bond acceptors (Lipinski definition) is 5. The number of carbonyl (C=O) groups excluding carboxylic acids is 2. The van der Waals surface area contributed by atoms with Crippen LogP contribution in [0.25, 0.3) is 10.9 Å². The average molecular weight is 578 g/mol. The third-order valence-corrected chi connectivity index (χ3v) is 10.5. The van der Waals surface area contributed by atoms with Crippen LogP contribution in [-0.2, 0) is 32.5 Å². The van der Waals surface area contributed by atoms with E-state index in [1.807, 2.05) is 45.0 Å². The van der Waals surface area contributed by atoms with E-state index in [9.17, 15) is 18.0 Å². The number of fused-ring (bicyclic) bond motifs is 3. The van der Waals surface area contributed by atoms with Crippen LogP contribution in [0.5, 0.6) is 0 Å². The summed E-state index contributed by atoms with van der Waals surface area (Å²) in [7, 11) is -3.69. The van der Waals surface area contributed by atoms with Crippen molar-refractivity contribution in [3.63, 3.8) is 0 Å². The van der Waals surface area contributed by atoms with Gasteiger partial charge in [0.1, 0.15) is 0 Å². The van der Waals surface area contributed by atoms with E-state index < -0.39 is 10.0 Å². The Morgan fingerprint density at radius 2 is 1.66 bits per heavy atom. The molecule has 7 nitrogen and oxygen atoms in total.